The first-order chi connectivity index (χ1) is 6.86. The molecule has 2 rings (SSSR count). The van der Waals surface area contributed by atoms with Crippen LogP contribution in [0.4, 0.5) is 0 Å². The normalized spacial score (nSPS) is 33.9. The summed E-state index contributed by atoms with van der Waals surface area (Å²) in [5.74, 6) is 0.0781. The van der Waals surface area contributed by atoms with E-state index >= 15 is 0 Å². The van der Waals surface area contributed by atoms with E-state index < -0.39 is 0 Å². The summed E-state index contributed by atoms with van der Waals surface area (Å²) in [6.07, 6.45) is 4.11. The Kier molecular flexibility index (Phi) is 3.37. The van der Waals surface area contributed by atoms with E-state index in [0.29, 0.717) is 0 Å². The van der Waals surface area contributed by atoms with Crippen molar-refractivity contribution >= 4 is 5.91 Å². The van der Waals surface area contributed by atoms with E-state index in [2.05, 4.69) is 10.6 Å². The van der Waals surface area contributed by atoms with Gasteiger partial charge in [0.15, 0.2) is 0 Å². The Morgan fingerprint density at radius 3 is 2.93 bits per heavy atom. The number of hydrogen-bond donors (Lipinski definition) is 2. The highest BCUT2D eigenvalue weighted by Gasteiger charge is 2.26. The lowest BCUT2D eigenvalue weighted by Crippen LogP contribution is -2.37. The Bertz CT molecular complexity index is 202. The fourth-order valence-electron chi connectivity index (χ4n) is 2.02. The van der Waals surface area contributed by atoms with Crippen molar-refractivity contribution in [1.29, 1.82) is 0 Å². The zero-order valence-electron chi connectivity index (χ0n) is 8.42. The monoisotopic (exact) mass is 198 g/mol. The third-order valence-electron chi connectivity index (χ3n) is 2.86. The van der Waals surface area contributed by atoms with E-state index in [4.69, 9.17) is 4.74 Å². The van der Waals surface area contributed by atoms with Gasteiger partial charge in [0.05, 0.1) is 6.10 Å². The number of nitrogens with one attached hydrogen (secondary N) is 2. The molecule has 2 aliphatic heterocycles. The van der Waals surface area contributed by atoms with Gasteiger partial charge in [-0.05, 0) is 32.2 Å². The van der Waals surface area contributed by atoms with Crippen LogP contribution in [0.3, 0.4) is 0 Å². The van der Waals surface area contributed by atoms with Gasteiger partial charge in [0.1, 0.15) is 6.10 Å². The van der Waals surface area contributed by atoms with Gasteiger partial charge in [0.2, 0.25) is 5.91 Å². The summed E-state index contributed by atoms with van der Waals surface area (Å²) in [5.41, 5.74) is 0. The van der Waals surface area contributed by atoms with Gasteiger partial charge in [-0.3, -0.25) is 4.79 Å². The van der Waals surface area contributed by atoms with Crippen LogP contribution in [0.2, 0.25) is 0 Å². The Hall–Kier alpha value is -0.610. The van der Waals surface area contributed by atoms with Crippen LogP contribution < -0.4 is 10.6 Å². The predicted molar refractivity (Wildman–Crippen MR) is 53.0 cm³/mol. The summed E-state index contributed by atoms with van der Waals surface area (Å²) >= 11 is 0. The first-order valence-corrected chi connectivity index (χ1v) is 5.50. The first kappa shape index (κ1) is 9.93. The molecule has 2 atom stereocenters. The Morgan fingerprint density at radius 1 is 1.21 bits per heavy atom. The van der Waals surface area contributed by atoms with Gasteiger partial charge in [-0.15, -0.1) is 0 Å². The van der Waals surface area contributed by atoms with Crippen molar-refractivity contribution in [3.05, 3.63) is 0 Å². The molecule has 2 heterocycles. The molecule has 0 aliphatic carbocycles. The fraction of sp³-hybridized carbons (Fsp3) is 0.900. The minimum absolute atomic E-state index is 0.0781. The third kappa shape index (κ3) is 2.45. The molecule has 0 spiro atoms. The molecular weight excluding hydrogens is 180 g/mol. The number of hydrogen-bond acceptors (Lipinski definition) is 3. The van der Waals surface area contributed by atoms with E-state index in [1.807, 2.05) is 0 Å². The maximum absolute atomic E-state index is 11.5. The van der Waals surface area contributed by atoms with Crippen molar-refractivity contribution in [3.63, 3.8) is 0 Å². The molecule has 0 aromatic heterocycles. The summed E-state index contributed by atoms with van der Waals surface area (Å²) < 4.78 is 5.77. The van der Waals surface area contributed by atoms with Crippen molar-refractivity contribution in [2.45, 2.75) is 37.9 Å². The molecule has 4 nitrogen and oxygen atoms in total. The molecule has 0 bridgehead atoms. The lowest BCUT2D eigenvalue weighted by Gasteiger charge is -2.18. The van der Waals surface area contributed by atoms with Crippen LogP contribution in [0.1, 0.15) is 25.7 Å². The molecule has 2 saturated heterocycles. The SMILES string of the molecule is O=C1NCCCCC1OC1CCNC1. The number of ether oxygens (including phenoxy) is 1. The molecule has 80 valence electrons. The number of amides is 1. The van der Waals surface area contributed by atoms with Gasteiger partial charge in [0, 0.05) is 13.1 Å². The summed E-state index contributed by atoms with van der Waals surface area (Å²) in [7, 11) is 0. The van der Waals surface area contributed by atoms with Crippen LogP contribution in [0, 0.1) is 0 Å². The maximum atomic E-state index is 11.5. The molecular formula is C10H18N2O2. The number of rotatable bonds is 2. The lowest BCUT2D eigenvalue weighted by molar-refractivity contribution is -0.135. The Balaban J connectivity index is 1.84. The molecule has 0 saturated carbocycles. The Labute approximate surface area is 84.4 Å². The van der Waals surface area contributed by atoms with Crippen LogP contribution in [-0.2, 0) is 9.53 Å². The molecule has 1 amide bonds. The molecule has 2 aliphatic rings. The minimum Gasteiger partial charge on any atom is -0.364 e. The van der Waals surface area contributed by atoms with Crippen molar-refractivity contribution in [1.82, 2.24) is 10.6 Å². The average molecular weight is 198 g/mol. The standard InChI is InChI=1S/C10H18N2O2/c13-10-9(3-1-2-5-12-10)14-8-4-6-11-7-8/h8-9,11H,1-7H2,(H,12,13). The largest absolute Gasteiger partial charge is 0.364 e. The van der Waals surface area contributed by atoms with E-state index in [1.165, 1.54) is 0 Å². The fourth-order valence-corrected chi connectivity index (χ4v) is 2.02. The van der Waals surface area contributed by atoms with Crippen molar-refractivity contribution < 1.29 is 9.53 Å². The molecule has 2 fully saturated rings. The number of carbonyl (C=O) groups excluding carboxylic acids is 1. The van der Waals surface area contributed by atoms with Crippen LogP contribution in [0.5, 0.6) is 0 Å². The highest BCUT2D eigenvalue weighted by molar-refractivity contribution is 5.80. The molecule has 0 aromatic rings. The van der Waals surface area contributed by atoms with E-state index in [0.717, 1.165) is 45.3 Å². The van der Waals surface area contributed by atoms with Gasteiger partial charge in [-0.25, -0.2) is 0 Å². The van der Waals surface area contributed by atoms with E-state index in [-0.39, 0.29) is 18.1 Å². The second-order valence-electron chi connectivity index (χ2n) is 4.03. The van der Waals surface area contributed by atoms with Crippen molar-refractivity contribution in [2.75, 3.05) is 19.6 Å². The van der Waals surface area contributed by atoms with Gasteiger partial charge >= 0.3 is 0 Å². The van der Waals surface area contributed by atoms with Crippen molar-refractivity contribution in [2.24, 2.45) is 0 Å². The topological polar surface area (TPSA) is 50.4 Å². The molecule has 2 N–H and O–H groups in total. The Morgan fingerprint density at radius 2 is 2.14 bits per heavy atom. The highest BCUT2D eigenvalue weighted by atomic mass is 16.5. The zero-order valence-corrected chi connectivity index (χ0v) is 8.42. The molecule has 2 unspecified atom stereocenters. The predicted octanol–water partition coefficient (Wildman–Crippen LogP) is 0.0336. The van der Waals surface area contributed by atoms with Gasteiger partial charge in [0.25, 0.3) is 0 Å². The second kappa shape index (κ2) is 4.75. The molecule has 0 aromatic carbocycles. The van der Waals surface area contributed by atoms with Crippen LogP contribution in [-0.4, -0.2) is 37.7 Å². The summed E-state index contributed by atoms with van der Waals surface area (Å²) in [4.78, 5) is 11.5. The average Bonchev–Trinajstić information content (AvgIpc) is 2.60. The number of carbonyl (C=O) groups is 1. The lowest BCUT2D eigenvalue weighted by atomic mass is 10.1. The molecule has 4 heteroatoms. The first-order valence-electron chi connectivity index (χ1n) is 5.50. The summed E-state index contributed by atoms with van der Waals surface area (Å²) in [6, 6.07) is 0. The maximum Gasteiger partial charge on any atom is 0.249 e. The third-order valence-corrected chi connectivity index (χ3v) is 2.86. The highest BCUT2D eigenvalue weighted by Crippen LogP contribution is 2.14. The summed E-state index contributed by atoms with van der Waals surface area (Å²) in [5, 5.41) is 6.12. The molecule has 14 heavy (non-hydrogen) atoms. The zero-order chi connectivity index (χ0) is 9.80. The van der Waals surface area contributed by atoms with Gasteiger partial charge < -0.3 is 15.4 Å². The van der Waals surface area contributed by atoms with Crippen LogP contribution in [0.15, 0.2) is 0 Å². The van der Waals surface area contributed by atoms with E-state index in [1.54, 1.807) is 0 Å². The second-order valence-corrected chi connectivity index (χ2v) is 4.03. The van der Waals surface area contributed by atoms with Gasteiger partial charge in [-0.1, -0.05) is 0 Å². The molecule has 0 radical (unpaired) electrons. The van der Waals surface area contributed by atoms with Crippen molar-refractivity contribution in [3.8, 4) is 0 Å². The van der Waals surface area contributed by atoms with Crippen LogP contribution >= 0.6 is 0 Å². The minimum atomic E-state index is -0.206. The quantitative estimate of drug-likeness (QED) is 0.658. The summed E-state index contributed by atoms with van der Waals surface area (Å²) in [6.45, 7) is 2.71. The van der Waals surface area contributed by atoms with Gasteiger partial charge in [-0.2, -0.15) is 0 Å². The van der Waals surface area contributed by atoms with E-state index in [9.17, 15) is 4.79 Å². The van der Waals surface area contributed by atoms with Crippen LogP contribution in [0.25, 0.3) is 0 Å². The smallest absolute Gasteiger partial charge is 0.249 e.